The highest BCUT2D eigenvalue weighted by Crippen LogP contribution is 2.33. The van der Waals surface area contributed by atoms with Crippen LogP contribution >= 0.6 is 15.9 Å². The maximum atomic E-state index is 11.9. The largest absolute Gasteiger partial charge is 0.396 e. The fourth-order valence-electron chi connectivity index (χ4n) is 2.95. The van der Waals surface area contributed by atoms with Crippen LogP contribution in [0.15, 0.2) is 0 Å². The Bertz CT molecular complexity index is 259. The third-order valence-corrected chi connectivity index (χ3v) is 4.82. The van der Waals surface area contributed by atoms with Crippen LogP contribution in [0.3, 0.4) is 0 Å². The third kappa shape index (κ3) is 2.59. The van der Waals surface area contributed by atoms with E-state index < -0.39 is 0 Å². The average Bonchev–Trinajstić information content (AvgIpc) is 2.72. The summed E-state index contributed by atoms with van der Waals surface area (Å²) in [5.41, 5.74) is 0. The Hall–Kier alpha value is -0.0900. The van der Waals surface area contributed by atoms with Crippen LogP contribution in [0.1, 0.15) is 32.1 Å². The summed E-state index contributed by atoms with van der Waals surface area (Å²) >= 11 is 3.44. The van der Waals surface area contributed by atoms with Gasteiger partial charge < -0.3 is 10.0 Å². The summed E-state index contributed by atoms with van der Waals surface area (Å²) in [6.07, 6.45) is 5.56. The average molecular weight is 290 g/mol. The lowest BCUT2D eigenvalue weighted by Gasteiger charge is -2.33. The number of carbonyl (C=O) groups is 1. The predicted molar refractivity (Wildman–Crippen MR) is 66.4 cm³/mol. The molecule has 2 aliphatic rings. The summed E-state index contributed by atoms with van der Waals surface area (Å²) in [7, 11) is 0. The highest BCUT2D eigenvalue weighted by atomic mass is 79.9. The first-order valence-electron chi connectivity index (χ1n) is 6.26. The number of amides is 1. The molecule has 1 saturated carbocycles. The van der Waals surface area contributed by atoms with Gasteiger partial charge in [-0.1, -0.05) is 22.4 Å². The quantitative estimate of drug-likeness (QED) is 0.805. The Morgan fingerprint density at radius 2 is 2.00 bits per heavy atom. The molecule has 16 heavy (non-hydrogen) atoms. The second-order valence-corrected chi connectivity index (χ2v) is 6.13. The Morgan fingerprint density at radius 3 is 2.75 bits per heavy atom. The van der Waals surface area contributed by atoms with E-state index in [9.17, 15) is 9.90 Å². The highest BCUT2D eigenvalue weighted by molar-refractivity contribution is 9.10. The first kappa shape index (κ1) is 12.4. The lowest BCUT2D eigenvalue weighted by Crippen LogP contribution is -2.44. The number of hydrogen-bond acceptors (Lipinski definition) is 2. The summed E-state index contributed by atoms with van der Waals surface area (Å²) in [6, 6.07) is 0. The molecule has 0 aromatic carbocycles. The molecule has 1 heterocycles. The van der Waals surface area contributed by atoms with Crippen LogP contribution in [0.5, 0.6) is 0 Å². The fraction of sp³-hybridized carbons (Fsp3) is 0.917. The number of likely N-dealkylation sites (tertiary alicyclic amines) is 1. The van der Waals surface area contributed by atoms with Crippen LogP contribution in [0.4, 0.5) is 0 Å². The molecule has 1 aliphatic carbocycles. The van der Waals surface area contributed by atoms with Crippen molar-refractivity contribution in [2.24, 2.45) is 11.8 Å². The van der Waals surface area contributed by atoms with E-state index in [1.807, 2.05) is 4.90 Å². The Labute approximate surface area is 105 Å². The molecule has 3 nitrogen and oxygen atoms in total. The van der Waals surface area contributed by atoms with Gasteiger partial charge in [-0.3, -0.25) is 4.79 Å². The Balaban J connectivity index is 1.90. The number of aliphatic hydroxyl groups is 1. The topological polar surface area (TPSA) is 40.5 Å². The van der Waals surface area contributed by atoms with E-state index >= 15 is 0 Å². The minimum atomic E-state index is 0.0234. The van der Waals surface area contributed by atoms with Crippen LogP contribution in [0.2, 0.25) is 0 Å². The van der Waals surface area contributed by atoms with Crippen molar-refractivity contribution in [3.8, 4) is 0 Å². The predicted octanol–water partition coefficient (Wildman–Crippen LogP) is 1.78. The van der Waals surface area contributed by atoms with Gasteiger partial charge in [0, 0.05) is 19.7 Å². The molecule has 0 spiro atoms. The van der Waals surface area contributed by atoms with Crippen LogP contribution in [-0.4, -0.2) is 40.4 Å². The Kier molecular flexibility index (Phi) is 4.25. The number of hydrogen-bond donors (Lipinski definition) is 1. The SMILES string of the molecule is O=C1C(Br)CCCN1CC1CCCC1CO. The van der Waals surface area contributed by atoms with Crippen LogP contribution in [0, 0.1) is 11.8 Å². The molecule has 1 aliphatic heterocycles. The minimum Gasteiger partial charge on any atom is -0.396 e. The van der Waals surface area contributed by atoms with E-state index in [-0.39, 0.29) is 17.3 Å². The van der Waals surface area contributed by atoms with Gasteiger partial charge in [0.15, 0.2) is 0 Å². The number of rotatable bonds is 3. The molecule has 2 fully saturated rings. The molecule has 1 saturated heterocycles. The van der Waals surface area contributed by atoms with E-state index in [1.54, 1.807) is 0 Å². The van der Waals surface area contributed by atoms with Gasteiger partial charge >= 0.3 is 0 Å². The molecule has 3 unspecified atom stereocenters. The monoisotopic (exact) mass is 289 g/mol. The van der Waals surface area contributed by atoms with Gasteiger partial charge in [0.05, 0.1) is 4.83 Å². The maximum absolute atomic E-state index is 11.9. The third-order valence-electron chi connectivity index (χ3n) is 3.97. The van der Waals surface area contributed by atoms with E-state index in [4.69, 9.17) is 0 Å². The van der Waals surface area contributed by atoms with E-state index in [1.165, 1.54) is 12.8 Å². The van der Waals surface area contributed by atoms with E-state index in [2.05, 4.69) is 15.9 Å². The van der Waals surface area contributed by atoms with Crippen molar-refractivity contribution in [1.29, 1.82) is 0 Å². The summed E-state index contributed by atoms with van der Waals surface area (Å²) in [4.78, 5) is 13.9. The lowest BCUT2D eigenvalue weighted by molar-refractivity contribution is -0.133. The molecule has 3 atom stereocenters. The van der Waals surface area contributed by atoms with Gasteiger partial charge in [-0.05, 0) is 37.5 Å². The van der Waals surface area contributed by atoms with Gasteiger partial charge in [0.25, 0.3) is 0 Å². The first-order chi connectivity index (χ1) is 7.72. The van der Waals surface area contributed by atoms with Crippen LogP contribution in [0.25, 0.3) is 0 Å². The van der Waals surface area contributed by atoms with Crippen molar-refractivity contribution in [3.05, 3.63) is 0 Å². The molecule has 0 aromatic heterocycles. The zero-order valence-corrected chi connectivity index (χ0v) is 11.2. The first-order valence-corrected chi connectivity index (χ1v) is 7.17. The van der Waals surface area contributed by atoms with Crippen LogP contribution in [-0.2, 0) is 4.79 Å². The van der Waals surface area contributed by atoms with Crippen molar-refractivity contribution in [2.75, 3.05) is 19.7 Å². The molecule has 4 heteroatoms. The fourth-order valence-corrected chi connectivity index (χ4v) is 3.57. The molecule has 92 valence electrons. The number of halogens is 1. The maximum Gasteiger partial charge on any atom is 0.236 e. The summed E-state index contributed by atoms with van der Waals surface area (Å²) < 4.78 is 0. The number of nitrogens with zero attached hydrogens (tertiary/aromatic N) is 1. The van der Waals surface area contributed by atoms with Crippen molar-refractivity contribution in [1.82, 2.24) is 4.90 Å². The van der Waals surface area contributed by atoms with E-state index in [0.717, 1.165) is 32.4 Å². The number of aliphatic hydroxyl groups excluding tert-OH is 1. The molecule has 1 N–H and O–H groups in total. The summed E-state index contributed by atoms with van der Waals surface area (Å²) in [5.74, 6) is 1.19. The summed E-state index contributed by atoms with van der Waals surface area (Å²) in [6.45, 7) is 2.03. The zero-order chi connectivity index (χ0) is 11.5. The van der Waals surface area contributed by atoms with Crippen LogP contribution < -0.4 is 0 Å². The smallest absolute Gasteiger partial charge is 0.236 e. The van der Waals surface area contributed by atoms with Gasteiger partial charge in [-0.2, -0.15) is 0 Å². The van der Waals surface area contributed by atoms with E-state index in [0.29, 0.717) is 11.8 Å². The normalized spacial score (nSPS) is 35.8. The number of carbonyl (C=O) groups excluding carboxylic acids is 1. The second kappa shape index (κ2) is 5.50. The molecular formula is C12H20BrNO2. The van der Waals surface area contributed by atoms with Gasteiger partial charge in [0.2, 0.25) is 5.91 Å². The molecule has 2 rings (SSSR count). The summed E-state index contributed by atoms with van der Waals surface area (Å²) in [5, 5.41) is 9.27. The zero-order valence-electron chi connectivity index (χ0n) is 9.57. The van der Waals surface area contributed by atoms with Gasteiger partial charge in [-0.15, -0.1) is 0 Å². The Morgan fingerprint density at radius 1 is 1.25 bits per heavy atom. The number of alkyl halides is 1. The second-order valence-electron chi connectivity index (χ2n) is 5.03. The van der Waals surface area contributed by atoms with Crippen molar-refractivity contribution in [3.63, 3.8) is 0 Å². The van der Waals surface area contributed by atoms with Gasteiger partial charge in [-0.25, -0.2) is 0 Å². The van der Waals surface area contributed by atoms with Gasteiger partial charge in [0.1, 0.15) is 0 Å². The molecule has 0 bridgehead atoms. The molecule has 0 aromatic rings. The standard InChI is InChI=1S/C12H20BrNO2/c13-11-5-2-6-14(12(11)16)7-9-3-1-4-10(9)8-15/h9-11,15H,1-8H2. The van der Waals surface area contributed by atoms with Crippen molar-refractivity contribution < 1.29 is 9.90 Å². The minimum absolute atomic E-state index is 0.0234. The molecule has 1 amide bonds. The number of piperidine rings is 1. The molecular weight excluding hydrogens is 270 g/mol. The lowest BCUT2D eigenvalue weighted by atomic mass is 9.95. The van der Waals surface area contributed by atoms with Crippen molar-refractivity contribution >= 4 is 21.8 Å². The molecule has 0 radical (unpaired) electrons. The highest BCUT2D eigenvalue weighted by Gasteiger charge is 2.32. The van der Waals surface area contributed by atoms with Crippen molar-refractivity contribution in [2.45, 2.75) is 36.9 Å².